The van der Waals surface area contributed by atoms with Gasteiger partial charge in [-0.1, -0.05) is 0 Å². The molecule has 0 bridgehead atoms. The zero-order chi connectivity index (χ0) is 9.97. The predicted octanol–water partition coefficient (Wildman–Crippen LogP) is -0.0143. The fourth-order valence-electron chi connectivity index (χ4n) is 2.27. The van der Waals surface area contributed by atoms with Crippen molar-refractivity contribution >= 4 is 5.97 Å². The molecule has 80 valence electrons. The van der Waals surface area contributed by atoms with Gasteiger partial charge in [-0.15, -0.1) is 0 Å². The van der Waals surface area contributed by atoms with Crippen molar-refractivity contribution in [2.24, 2.45) is 0 Å². The van der Waals surface area contributed by atoms with E-state index in [-0.39, 0.29) is 5.97 Å². The van der Waals surface area contributed by atoms with E-state index in [4.69, 9.17) is 4.74 Å². The monoisotopic (exact) mass is 198 g/mol. The summed E-state index contributed by atoms with van der Waals surface area (Å²) in [6, 6.07) is 0.893. The lowest BCUT2D eigenvalue weighted by Crippen LogP contribution is -2.55. The smallest absolute Gasteiger partial charge is 0.320 e. The molecule has 0 amide bonds. The third-order valence-corrected chi connectivity index (χ3v) is 3.10. The topological polar surface area (TPSA) is 41.6 Å². The van der Waals surface area contributed by atoms with Gasteiger partial charge in [0.2, 0.25) is 0 Å². The number of cyclic esters (lactones) is 1. The highest BCUT2D eigenvalue weighted by Gasteiger charge is 2.31. The van der Waals surface area contributed by atoms with Gasteiger partial charge < -0.3 is 10.1 Å². The van der Waals surface area contributed by atoms with Crippen LogP contribution in [0.3, 0.4) is 0 Å². The molecule has 0 spiro atoms. The lowest BCUT2D eigenvalue weighted by Gasteiger charge is -2.40. The van der Waals surface area contributed by atoms with Gasteiger partial charge in [0.25, 0.3) is 0 Å². The van der Waals surface area contributed by atoms with Gasteiger partial charge >= 0.3 is 5.97 Å². The fourth-order valence-corrected chi connectivity index (χ4v) is 2.27. The maximum Gasteiger partial charge on any atom is 0.320 e. The number of piperidine rings is 1. The molecule has 4 heteroatoms. The van der Waals surface area contributed by atoms with Crippen molar-refractivity contribution in [1.82, 2.24) is 10.2 Å². The largest absolute Gasteiger partial charge is 0.463 e. The maximum atomic E-state index is 11.2. The number of carbonyl (C=O) groups excluding carboxylic acids is 1. The van der Waals surface area contributed by atoms with Gasteiger partial charge in [0.05, 0.1) is 6.54 Å². The summed E-state index contributed by atoms with van der Waals surface area (Å²) in [5, 5.41) is 3.37. The number of carbonyl (C=O) groups is 1. The summed E-state index contributed by atoms with van der Waals surface area (Å²) in [7, 11) is 0. The van der Waals surface area contributed by atoms with Crippen LogP contribution in [0.2, 0.25) is 0 Å². The summed E-state index contributed by atoms with van der Waals surface area (Å²) in [5.41, 5.74) is 0. The van der Waals surface area contributed by atoms with Crippen molar-refractivity contribution in [1.29, 1.82) is 0 Å². The number of ether oxygens (including phenoxy) is 1. The molecule has 0 aliphatic carbocycles. The van der Waals surface area contributed by atoms with Crippen LogP contribution in [0.25, 0.3) is 0 Å². The average Bonchev–Trinajstić information content (AvgIpc) is 2.23. The molecule has 0 aromatic heterocycles. The Balaban J connectivity index is 1.95. The minimum atomic E-state index is -0.0753. The van der Waals surface area contributed by atoms with Crippen LogP contribution in [-0.4, -0.2) is 49.2 Å². The first-order valence-electron chi connectivity index (χ1n) is 5.39. The van der Waals surface area contributed by atoms with E-state index in [1.165, 1.54) is 12.8 Å². The Bertz CT molecular complexity index is 214. The number of nitrogens with zero attached hydrogens (tertiary/aromatic N) is 1. The van der Waals surface area contributed by atoms with Gasteiger partial charge in [0.15, 0.2) is 0 Å². The minimum Gasteiger partial charge on any atom is -0.463 e. The van der Waals surface area contributed by atoms with Crippen molar-refractivity contribution in [3.8, 4) is 0 Å². The Hall–Kier alpha value is -0.610. The van der Waals surface area contributed by atoms with E-state index < -0.39 is 0 Å². The summed E-state index contributed by atoms with van der Waals surface area (Å²) in [6.45, 7) is 5.27. The number of hydrogen-bond acceptors (Lipinski definition) is 4. The van der Waals surface area contributed by atoms with E-state index in [2.05, 4.69) is 17.1 Å². The number of hydrogen-bond donors (Lipinski definition) is 1. The molecule has 0 radical (unpaired) electrons. The van der Waals surface area contributed by atoms with Gasteiger partial charge in [-0.25, -0.2) is 0 Å². The molecule has 2 saturated heterocycles. The van der Waals surface area contributed by atoms with Gasteiger partial charge in [0, 0.05) is 18.6 Å². The van der Waals surface area contributed by atoms with Crippen LogP contribution >= 0.6 is 0 Å². The molecule has 2 heterocycles. The molecule has 2 unspecified atom stereocenters. The first-order valence-corrected chi connectivity index (χ1v) is 5.39. The second-order valence-electron chi connectivity index (χ2n) is 4.20. The van der Waals surface area contributed by atoms with Crippen molar-refractivity contribution in [2.75, 3.05) is 26.2 Å². The molecule has 2 atom stereocenters. The Morgan fingerprint density at radius 3 is 3.14 bits per heavy atom. The SMILES string of the molecule is CC1COC(=O)CN1C1CCCNC1. The molecule has 4 nitrogen and oxygen atoms in total. The number of nitrogens with one attached hydrogen (secondary N) is 1. The molecule has 2 aliphatic rings. The van der Waals surface area contributed by atoms with Crippen LogP contribution in [-0.2, 0) is 9.53 Å². The Morgan fingerprint density at radius 1 is 1.57 bits per heavy atom. The minimum absolute atomic E-state index is 0.0753. The first-order chi connectivity index (χ1) is 6.77. The molecule has 0 aromatic carbocycles. The molecule has 1 N–H and O–H groups in total. The fraction of sp³-hybridized carbons (Fsp3) is 0.900. The first kappa shape index (κ1) is 9.93. The molecule has 14 heavy (non-hydrogen) atoms. The van der Waals surface area contributed by atoms with E-state index in [1.54, 1.807) is 0 Å². The maximum absolute atomic E-state index is 11.2. The van der Waals surface area contributed by atoms with Crippen molar-refractivity contribution < 1.29 is 9.53 Å². The second kappa shape index (κ2) is 4.28. The van der Waals surface area contributed by atoms with E-state index >= 15 is 0 Å². The average molecular weight is 198 g/mol. The van der Waals surface area contributed by atoms with E-state index in [1.807, 2.05) is 0 Å². The van der Waals surface area contributed by atoms with Crippen LogP contribution in [0.4, 0.5) is 0 Å². The van der Waals surface area contributed by atoms with Crippen LogP contribution in [0.5, 0.6) is 0 Å². The van der Waals surface area contributed by atoms with Crippen molar-refractivity contribution in [3.63, 3.8) is 0 Å². The summed E-state index contributed by atoms with van der Waals surface area (Å²) >= 11 is 0. The van der Waals surface area contributed by atoms with E-state index in [9.17, 15) is 4.79 Å². The van der Waals surface area contributed by atoms with Gasteiger partial charge in [-0.3, -0.25) is 9.69 Å². The van der Waals surface area contributed by atoms with Crippen LogP contribution in [0, 0.1) is 0 Å². The normalized spacial score (nSPS) is 35.4. The molecular formula is C10H18N2O2. The highest BCUT2D eigenvalue weighted by atomic mass is 16.5. The molecule has 2 rings (SSSR count). The molecule has 0 aromatic rings. The second-order valence-corrected chi connectivity index (χ2v) is 4.20. The lowest BCUT2D eigenvalue weighted by molar-refractivity contribution is -0.156. The number of morpholine rings is 1. The standard InChI is InChI=1S/C10H18N2O2/c1-8-7-14-10(13)6-12(8)9-3-2-4-11-5-9/h8-9,11H,2-7H2,1H3. The zero-order valence-electron chi connectivity index (χ0n) is 8.66. The zero-order valence-corrected chi connectivity index (χ0v) is 8.66. The quantitative estimate of drug-likeness (QED) is 0.602. The summed E-state index contributed by atoms with van der Waals surface area (Å²) < 4.78 is 5.01. The Morgan fingerprint density at radius 2 is 2.43 bits per heavy atom. The summed E-state index contributed by atoms with van der Waals surface area (Å²) in [4.78, 5) is 13.5. The summed E-state index contributed by atoms with van der Waals surface area (Å²) in [6.07, 6.45) is 2.41. The molecule has 2 aliphatic heterocycles. The van der Waals surface area contributed by atoms with Crippen LogP contribution in [0.15, 0.2) is 0 Å². The predicted molar refractivity (Wildman–Crippen MR) is 53.0 cm³/mol. The van der Waals surface area contributed by atoms with E-state index in [0.717, 1.165) is 13.1 Å². The van der Waals surface area contributed by atoms with Crippen molar-refractivity contribution in [3.05, 3.63) is 0 Å². The summed E-state index contributed by atoms with van der Waals surface area (Å²) in [5.74, 6) is -0.0753. The van der Waals surface area contributed by atoms with Gasteiger partial charge in [-0.05, 0) is 26.3 Å². The van der Waals surface area contributed by atoms with Crippen molar-refractivity contribution in [2.45, 2.75) is 31.8 Å². The Kier molecular flexibility index (Phi) is 3.03. The highest BCUT2D eigenvalue weighted by molar-refractivity contribution is 5.72. The molecule has 0 saturated carbocycles. The van der Waals surface area contributed by atoms with Crippen LogP contribution < -0.4 is 5.32 Å². The Labute approximate surface area is 84.6 Å². The van der Waals surface area contributed by atoms with Gasteiger partial charge in [0.1, 0.15) is 6.61 Å². The molecule has 2 fully saturated rings. The number of esters is 1. The lowest BCUT2D eigenvalue weighted by atomic mass is 10.0. The van der Waals surface area contributed by atoms with Crippen LogP contribution in [0.1, 0.15) is 19.8 Å². The third-order valence-electron chi connectivity index (χ3n) is 3.10. The van der Waals surface area contributed by atoms with E-state index in [0.29, 0.717) is 25.2 Å². The van der Waals surface area contributed by atoms with Gasteiger partial charge in [-0.2, -0.15) is 0 Å². The highest BCUT2D eigenvalue weighted by Crippen LogP contribution is 2.16. The number of rotatable bonds is 1. The third kappa shape index (κ3) is 2.07. The molecular weight excluding hydrogens is 180 g/mol.